The summed E-state index contributed by atoms with van der Waals surface area (Å²) in [6.45, 7) is 4.42. The molecule has 0 radical (unpaired) electrons. The SMILES string of the molecule is CC(C)(N)C1(C2Cc3ccccc3C2)CC1. The zero-order chi connectivity index (χ0) is 11.4. The van der Waals surface area contributed by atoms with Gasteiger partial charge in [0.2, 0.25) is 0 Å². The maximum absolute atomic E-state index is 6.39. The van der Waals surface area contributed by atoms with Gasteiger partial charge in [0.15, 0.2) is 0 Å². The Kier molecular flexibility index (Phi) is 2.00. The molecule has 1 fully saturated rings. The number of rotatable bonds is 2. The molecule has 1 aromatic rings. The van der Waals surface area contributed by atoms with Crippen LogP contribution >= 0.6 is 0 Å². The van der Waals surface area contributed by atoms with Crippen LogP contribution in [0.5, 0.6) is 0 Å². The van der Waals surface area contributed by atoms with E-state index in [1.807, 2.05) is 0 Å². The smallest absolute Gasteiger partial charge is 0.0157 e. The van der Waals surface area contributed by atoms with E-state index >= 15 is 0 Å². The average Bonchev–Trinajstić information content (AvgIpc) is 2.92. The Balaban J connectivity index is 1.87. The molecule has 2 aliphatic rings. The second kappa shape index (κ2) is 3.10. The fourth-order valence-corrected chi connectivity index (χ4v) is 3.66. The third kappa shape index (κ3) is 1.34. The zero-order valence-electron chi connectivity index (χ0n) is 10.3. The van der Waals surface area contributed by atoms with Crippen molar-refractivity contribution in [3.05, 3.63) is 35.4 Å². The number of benzene rings is 1. The monoisotopic (exact) mass is 215 g/mol. The summed E-state index contributed by atoms with van der Waals surface area (Å²) < 4.78 is 0. The molecule has 2 N–H and O–H groups in total. The second-order valence-electron chi connectivity index (χ2n) is 6.25. The van der Waals surface area contributed by atoms with Crippen molar-refractivity contribution in [3.8, 4) is 0 Å². The zero-order valence-corrected chi connectivity index (χ0v) is 10.3. The average molecular weight is 215 g/mol. The van der Waals surface area contributed by atoms with Crippen LogP contribution in [0.25, 0.3) is 0 Å². The Morgan fingerprint density at radius 2 is 1.62 bits per heavy atom. The van der Waals surface area contributed by atoms with Crippen LogP contribution in [0.15, 0.2) is 24.3 Å². The van der Waals surface area contributed by atoms with E-state index < -0.39 is 0 Å². The highest BCUT2D eigenvalue weighted by Crippen LogP contribution is 2.61. The molecule has 0 spiro atoms. The quantitative estimate of drug-likeness (QED) is 0.806. The van der Waals surface area contributed by atoms with Gasteiger partial charge in [0.1, 0.15) is 0 Å². The summed E-state index contributed by atoms with van der Waals surface area (Å²) in [6, 6.07) is 8.90. The van der Waals surface area contributed by atoms with E-state index in [-0.39, 0.29) is 5.54 Å². The summed E-state index contributed by atoms with van der Waals surface area (Å²) in [6.07, 6.45) is 5.15. The first-order valence-corrected chi connectivity index (χ1v) is 6.39. The van der Waals surface area contributed by atoms with Crippen molar-refractivity contribution in [2.24, 2.45) is 17.1 Å². The van der Waals surface area contributed by atoms with Crippen molar-refractivity contribution in [3.63, 3.8) is 0 Å². The minimum absolute atomic E-state index is 0.0142. The van der Waals surface area contributed by atoms with Crippen molar-refractivity contribution in [1.29, 1.82) is 0 Å². The van der Waals surface area contributed by atoms with Gasteiger partial charge in [-0.3, -0.25) is 0 Å². The topological polar surface area (TPSA) is 26.0 Å². The summed E-state index contributed by atoms with van der Waals surface area (Å²) >= 11 is 0. The molecule has 86 valence electrons. The lowest BCUT2D eigenvalue weighted by atomic mass is 9.73. The summed E-state index contributed by atoms with van der Waals surface area (Å²) in [5.74, 6) is 0.782. The van der Waals surface area contributed by atoms with Gasteiger partial charge in [-0.2, -0.15) is 0 Å². The first-order chi connectivity index (χ1) is 7.53. The minimum atomic E-state index is -0.0142. The summed E-state index contributed by atoms with van der Waals surface area (Å²) in [7, 11) is 0. The van der Waals surface area contributed by atoms with E-state index in [1.165, 1.54) is 25.7 Å². The third-order valence-electron chi connectivity index (χ3n) is 4.90. The number of nitrogens with two attached hydrogens (primary N) is 1. The Morgan fingerprint density at radius 1 is 1.12 bits per heavy atom. The highest BCUT2D eigenvalue weighted by molar-refractivity contribution is 5.34. The van der Waals surface area contributed by atoms with Crippen LogP contribution in [0, 0.1) is 11.3 Å². The lowest BCUT2D eigenvalue weighted by Crippen LogP contribution is -2.46. The molecule has 0 aromatic heterocycles. The fraction of sp³-hybridized carbons (Fsp3) is 0.600. The molecular weight excluding hydrogens is 194 g/mol. The van der Waals surface area contributed by atoms with Crippen molar-refractivity contribution >= 4 is 0 Å². The molecule has 3 rings (SSSR count). The maximum Gasteiger partial charge on any atom is 0.0157 e. The fourth-order valence-electron chi connectivity index (χ4n) is 3.66. The van der Waals surface area contributed by atoms with Gasteiger partial charge in [0.05, 0.1) is 0 Å². The van der Waals surface area contributed by atoms with Gasteiger partial charge in [-0.25, -0.2) is 0 Å². The summed E-state index contributed by atoms with van der Waals surface area (Å²) in [5, 5.41) is 0. The van der Waals surface area contributed by atoms with Crippen LogP contribution in [-0.4, -0.2) is 5.54 Å². The predicted molar refractivity (Wildman–Crippen MR) is 67.3 cm³/mol. The Hall–Kier alpha value is -0.820. The molecule has 0 saturated heterocycles. The molecular formula is C15H21N. The molecule has 1 heteroatoms. The van der Waals surface area contributed by atoms with Crippen molar-refractivity contribution in [2.75, 3.05) is 0 Å². The van der Waals surface area contributed by atoms with Gasteiger partial charge in [0.25, 0.3) is 0 Å². The molecule has 0 atom stereocenters. The number of hydrogen-bond acceptors (Lipinski definition) is 1. The van der Waals surface area contributed by atoms with Crippen LogP contribution in [0.4, 0.5) is 0 Å². The van der Waals surface area contributed by atoms with Gasteiger partial charge in [-0.1, -0.05) is 24.3 Å². The number of hydrogen-bond donors (Lipinski definition) is 1. The first kappa shape index (κ1) is 10.3. The van der Waals surface area contributed by atoms with E-state index in [1.54, 1.807) is 11.1 Å². The molecule has 1 aromatic carbocycles. The number of fused-ring (bicyclic) bond motifs is 1. The first-order valence-electron chi connectivity index (χ1n) is 6.39. The predicted octanol–water partition coefficient (Wildman–Crippen LogP) is 2.92. The van der Waals surface area contributed by atoms with E-state index in [0.717, 1.165) is 5.92 Å². The van der Waals surface area contributed by atoms with Crippen LogP contribution in [0.2, 0.25) is 0 Å². The van der Waals surface area contributed by atoms with Crippen molar-refractivity contribution in [2.45, 2.75) is 45.1 Å². The largest absolute Gasteiger partial charge is 0.325 e. The highest BCUT2D eigenvalue weighted by Gasteiger charge is 2.57. The summed E-state index contributed by atoms with van der Waals surface area (Å²) in [5.41, 5.74) is 9.92. The second-order valence-corrected chi connectivity index (χ2v) is 6.25. The van der Waals surface area contributed by atoms with Crippen LogP contribution < -0.4 is 5.73 Å². The highest BCUT2D eigenvalue weighted by atomic mass is 14.8. The summed E-state index contributed by atoms with van der Waals surface area (Å²) in [4.78, 5) is 0. The maximum atomic E-state index is 6.39. The van der Waals surface area contributed by atoms with E-state index in [4.69, 9.17) is 5.73 Å². The Morgan fingerprint density at radius 3 is 2.00 bits per heavy atom. The molecule has 1 nitrogen and oxygen atoms in total. The van der Waals surface area contributed by atoms with Gasteiger partial charge < -0.3 is 5.73 Å². The molecule has 1 saturated carbocycles. The molecule has 0 aliphatic heterocycles. The lowest BCUT2D eigenvalue weighted by molar-refractivity contribution is 0.195. The van der Waals surface area contributed by atoms with Gasteiger partial charge in [-0.15, -0.1) is 0 Å². The van der Waals surface area contributed by atoms with Gasteiger partial charge >= 0.3 is 0 Å². The molecule has 16 heavy (non-hydrogen) atoms. The molecule has 0 amide bonds. The van der Waals surface area contributed by atoms with Gasteiger partial charge in [0, 0.05) is 5.54 Å². The molecule has 0 unspecified atom stereocenters. The van der Waals surface area contributed by atoms with E-state index in [9.17, 15) is 0 Å². The standard InChI is InChI=1S/C15H21N/c1-14(2,16)15(7-8-15)13-9-11-5-3-4-6-12(11)10-13/h3-6,13H,7-10,16H2,1-2H3. The Bertz CT molecular complexity index is 385. The third-order valence-corrected chi connectivity index (χ3v) is 4.90. The van der Waals surface area contributed by atoms with Crippen LogP contribution in [0.1, 0.15) is 37.8 Å². The van der Waals surface area contributed by atoms with Crippen LogP contribution in [-0.2, 0) is 12.8 Å². The molecule has 0 bridgehead atoms. The van der Waals surface area contributed by atoms with Crippen LogP contribution in [0.3, 0.4) is 0 Å². The molecule has 2 aliphatic carbocycles. The van der Waals surface area contributed by atoms with Crippen molar-refractivity contribution < 1.29 is 0 Å². The van der Waals surface area contributed by atoms with Gasteiger partial charge in [-0.05, 0) is 62.0 Å². The minimum Gasteiger partial charge on any atom is -0.325 e. The van der Waals surface area contributed by atoms with E-state index in [0.29, 0.717) is 5.41 Å². The molecule has 0 heterocycles. The lowest BCUT2D eigenvalue weighted by Gasteiger charge is -2.36. The van der Waals surface area contributed by atoms with E-state index in [2.05, 4.69) is 38.1 Å². The normalized spacial score (nSPS) is 23.2. The Labute approximate surface area is 98.0 Å². The van der Waals surface area contributed by atoms with Crippen molar-refractivity contribution in [1.82, 2.24) is 0 Å².